The van der Waals surface area contributed by atoms with Crippen LogP contribution in [-0.2, 0) is 7.05 Å². The Bertz CT molecular complexity index is 562. The highest BCUT2D eigenvalue weighted by Crippen LogP contribution is 2.26. The third kappa shape index (κ3) is 2.30. The van der Waals surface area contributed by atoms with E-state index in [1.54, 1.807) is 12.1 Å². The molecule has 0 N–H and O–H groups in total. The zero-order chi connectivity index (χ0) is 12.4. The zero-order valence-corrected chi connectivity index (χ0v) is 9.75. The number of aromatic nitrogens is 1. The average Bonchev–Trinajstić information content (AvgIpc) is 2.31. The molecule has 0 fully saturated rings. The molecule has 0 unspecified atom stereocenters. The summed E-state index contributed by atoms with van der Waals surface area (Å²) in [7, 11) is 1.93. The molecule has 4 nitrogen and oxygen atoms in total. The Morgan fingerprint density at radius 1 is 1.18 bits per heavy atom. The number of nitro groups is 1. The van der Waals surface area contributed by atoms with Gasteiger partial charge in [0.1, 0.15) is 7.05 Å². The first-order chi connectivity index (χ1) is 8.08. The minimum Gasteiger partial charge on any atom is -0.258 e. The number of hydrogen-bond acceptors (Lipinski definition) is 2. The van der Waals surface area contributed by atoms with E-state index in [1.807, 2.05) is 43.1 Å². The van der Waals surface area contributed by atoms with Crippen molar-refractivity contribution in [1.29, 1.82) is 0 Å². The lowest BCUT2D eigenvalue weighted by Crippen LogP contribution is -2.25. The van der Waals surface area contributed by atoms with Crippen LogP contribution in [-0.4, -0.2) is 4.92 Å². The van der Waals surface area contributed by atoms with Crippen LogP contribution in [0.4, 0.5) is 5.69 Å². The summed E-state index contributed by atoms with van der Waals surface area (Å²) in [6.07, 6.45) is 3.85. The number of aryl methyl sites for hydroxylation is 2. The maximum atomic E-state index is 10.8. The Balaban J connectivity index is 2.54. The second kappa shape index (κ2) is 4.33. The maximum absolute atomic E-state index is 10.8. The summed E-state index contributed by atoms with van der Waals surface area (Å²) in [5, 5.41) is 10.8. The van der Waals surface area contributed by atoms with Gasteiger partial charge in [0, 0.05) is 24.3 Å². The van der Waals surface area contributed by atoms with Crippen LogP contribution in [0, 0.1) is 17.0 Å². The van der Waals surface area contributed by atoms with Crippen molar-refractivity contribution >= 4 is 5.69 Å². The quantitative estimate of drug-likeness (QED) is 0.451. The summed E-state index contributed by atoms with van der Waals surface area (Å²) in [5.74, 6) is 0. The Morgan fingerprint density at radius 2 is 1.82 bits per heavy atom. The lowest BCUT2D eigenvalue weighted by atomic mass is 10.0. The van der Waals surface area contributed by atoms with Gasteiger partial charge in [-0.05, 0) is 23.6 Å². The first-order valence-electron chi connectivity index (χ1n) is 5.28. The lowest BCUT2D eigenvalue weighted by molar-refractivity contribution is -0.671. The van der Waals surface area contributed by atoms with Crippen LogP contribution < -0.4 is 4.57 Å². The standard InChI is InChI=1S/C13H13N2O2/c1-10-3-4-12(15(16)17)9-13(10)11-5-7-14(2)8-6-11/h3-9H,1-2H3/q+1. The molecule has 2 rings (SSSR count). The van der Waals surface area contributed by atoms with Crippen molar-refractivity contribution in [2.24, 2.45) is 7.05 Å². The number of non-ortho nitro benzene ring substituents is 1. The van der Waals surface area contributed by atoms with Crippen molar-refractivity contribution < 1.29 is 9.49 Å². The fraction of sp³-hybridized carbons (Fsp3) is 0.154. The van der Waals surface area contributed by atoms with Crippen LogP contribution in [0.25, 0.3) is 11.1 Å². The summed E-state index contributed by atoms with van der Waals surface area (Å²) < 4.78 is 1.93. The molecule has 17 heavy (non-hydrogen) atoms. The Hall–Kier alpha value is -2.23. The van der Waals surface area contributed by atoms with E-state index in [-0.39, 0.29) is 10.6 Å². The first-order valence-corrected chi connectivity index (χ1v) is 5.28. The van der Waals surface area contributed by atoms with E-state index in [1.165, 1.54) is 6.07 Å². The summed E-state index contributed by atoms with van der Waals surface area (Å²) in [5.41, 5.74) is 3.05. The number of nitrogens with zero attached hydrogens (tertiary/aromatic N) is 2. The van der Waals surface area contributed by atoms with Gasteiger partial charge in [0.2, 0.25) is 0 Å². The highest BCUT2D eigenvalue weighted by atomic mass is 16.6. The molecule has 0 aliphatic carbocycles. The second-order valence-electron chi connectivity index (χ2n) is 4.01. The Kier molecular flexibility index (Phi) is 2.87. The summed E-state index contributed by atoms with van der Waals surface area (Å²) in [4.78, 5) is 10.4. The van der Waals surface area contributed by atoms with Gasteiger partial charge in [-0.15, -0.1) is 0 Å². The van der Waals surface area contributed by atoms with Crippen LogP contribution in [0.1, 0.15) is 5.56 Å². The molecular weight excluding hydrogens is 216 g/mol. The van der Waals surface area contributed by atoms with Crippen LogP contribution >= 0.6 is 0 Å². The number of benzene rings is 1. The van der Waals surface area contributed by atoms with E-state index in [2.05, 4.69) is 0 Å². The summed E-state index contributed by atoms with van der Waals surface area (Å²) >= 11 is 0. The van der Waals surface area contributed by atoms with E-state index in [0.717, 1.165) is 16.7 Å². The van der Waals surface area contributed by atoms with Gasteiger partial charge >= 0.3 is 0 Å². The van der Waals surface area contributed by atoms with Crippen LogP contribution in [0.5, 0.6) is 0 Å². The highest BCUT2D eigenvalue weighted by molar-refractivity contribution is 5.69. The lowest BCUT2D eigenvalue weighted by Gasteiger charge is -2.04. The second-order valence-corrected chi connectivity index (χ2v) is 4.01. The Morgan fingerprint density at radius 3 is 2.41 bits per heavy atom. The van der Waals surface area contributed by atoms with Crippen LogP contribution in [0.15, 0.2) is 42.7 Å². The largest absolute Gasteiger partial charge is 0.270 e. The summed E-state index contributed by atoms with van der Waals surface area (Å²) in [6.45, 7) is 1.95. The number of nitro benzene ring substituents is 1. The monoisotopic (exact) mass is 229 g/mol. The normalized spacial score (nSPS) is 10.2. The molecule has 0 saturated heterocycles. The van der Waals surface area contributed by atoms with Gasteiger partial charge in [-0.2, -0.15) is 0 Å². The first kappa shape index (κ1) is 11.3. The van der Waals surface area contributed by atoms with Gasteiger partial charge in [0.05, 0.1) is 4.92 Å². The molecule has 86 valence electrons. The van der Waals surface area contributed by atoms with Crippen molar-refractivity contribution in [3.63, 3.8) is 0 Å². The minimum atomic E-state index is -0.369. The molecule has 2 aromatic rings. The molecule has 1 heterocycles. The molecular formula is C13H13N2O2+. The third-order valence-electron chi connectivity index (χ3n) is 2.72. The van der Waals surface area contributed by atoms with E-state index >= 15 is 0 Å². The van der Waals surface area contributed by atoms with Crippen molar-refractivity contribution in [2.45, 2.75) is 6.92 Å². The molecule has 0 amide bonds. The SMILES string of the molecule is Cc1ccc([N+](=O)[O-])cc1-c1cc[n+](C)cc1. The van der Waals surface area contributed by atoms with Crippen molar-refractivity contribution in [3.8, 4) is 11.1 Å². The average molecular weight is 229 g/mol. The number of pyridine rings is 1. The summed E-state index contributed by atoms with van der Waals surface area (Å²) in [6, 6.07) is 8.82. The molecule has 0 aliphatic heterocycles. The van der Waals surface area contributed by atoms with E-state index in [4.69, 9.17) is 0 Å². The van der Waals surface area contributed by atoms with Gasteiger partial charge < -0.3 is 0 Å². The van der Waals surface area contributed by atoms with E-state index in [0.29, 0.717) is 0 Å². The zero-order valence-electron chi connectivity index (χ0n) is 9.75. The van der Waals surface area contributed by atoms with Crippen molar-refractivity contribution in [1.82, 2.24) is 0 Å². The smallest absolute Gasteiger partial charge is 0.258 e. The molecule has 0 atom stereocenters. The minimum absolute atomic E-state index is 0.124. The fourth-order valence-corrected chi connectivity index (χ4v) is 1.72. The van der Waals surface area contributed by atoms with Gasteiger partial charge in [-0.1, -0.05) is 6.07 Å². The van der Waals surface area contributed by atoms with Crippen LogP contribution in [0.2, 0.25) is 0 Å². The molecule has 0 spiro atoms. The predicted molar refractivity (Wildman–Crippen MR) is 64.4 cm³/mol. The molecule has 0 radical (unpaired) electrons. The fourth-order valence-electron chi connectivity index (χ4n) is 1.72. The van der Waals surface area contributed by atoms with Gasteiger partial charge in [-0.25, -0.2) is 4.57 Å². The van der Waals surface area contributed by atoms with Gasteiger partial charge in [0.25, 0.3) is 5.69 Å². The predicted octanol–water partition coefficient (Wildman–Crippen LogP) is 2.39. The molecule has 0 saturated carbocycles. The topological polar surface area (TPSA) is 47.0 Å². The van der Waals surface area contributed by atoms with Crippen molar-refractivity contribution in [2.75, 3.05) is 0 Å². The molecule has 0 aliphatic rings. The highest BCUT2D eigenvalue weighted by Gasteiger charge is 2.10. The molecule has 1 aromatic heterocycles. The Labute approximate surface area is 99.3 Å². The number of hydrogen-bond donors (Lipinski definition) is 0. The van der Waals surface area contributed by atoms with E-state index in [9.17, 15) is 10.1 Å². The van der Waals surface area contributed by atoms with E-state index < -0.39 is 0 Å². The number of rotatable bonds is 2. The molecule has 1 aromatic carbocycles. The van der Waals surface area contributed by atoms with Gasteiger partial charge in [0.15, 0.2) is 12.4 Å². The van der Waals surface area contributed by atoms with Crippen molar-refractivity contribution in [3.05, 3.63) is 58.4 Å². The van der Waals surface area contributed by atoms with Gasteiger partial charge in [-0.3, -0.25) is 10.1 Å². The molecule has 0 bridgehead atoms. The molecule has 4 heteroatoms. The third-order valence-corrected chi connectivity index (χ3v) is 2.72. The van der Waals surface area contributed by atoms with Crippen LogP contribution in [0.3, 0.4) is 0 Å². The maximum Gasteiger partial charge on any atom is 0.270 e.